The quantitative estimate of drug-likeness (QED) is 0.608. The molecule has 0 saturated carbocycles. The molecule has 1 aromatic rings. The van der Waals surface area contributed by atoms with Gasteiger partial charge < -0.3 is 4.90 Å². The third kappa shape index (κ3) is 3.24. The molecule has 6 nitrogen and oxygen atoms in total. The lowest BCUT2D eigenvalue weighted by Gasteiger charge is -2.23. The molecule has 0 unspecified atom stereocenters. The average molecular weight is 336 g/mol. The lowest BCUT2D eigenvalue weighted by Crippen LogP contribution is -2.38. The minimum absolute atomic E-state index is 0.00662. The van der Waals surface area contributed by atoms with Crippen molar-refractivity contribution in [2.45, 2.75) is 17.6 Å². The fourth-order valence-corrected chi connectivity index (χ4v) is 4.30. The van der Waals surface area contributed by atoms with Crippen molar-refractivity contribution in [2.75, 3.05) is 24.8 Å². The van der Waals surface area contributed by atoms with Gasteiger partial charge in [-0.05, 0) is 12.7 Å². The molecule has 1 aliphatic rings. The summed E-state index contributed by atoms with van der Waals surface area (Å²) in [6, 6.07) is -0.323. The van der Waals surface area contributed by atoms with E-state index in [1.54, 1.807) is 13.3 Å². The van der Waals surface area contributed by atoms with Crippen molar-refractivity contribution in [3.63, 3.8) is 0 Å². The first kappa shape index (κ1) is 15.5. The molecular weight excluding hydrogens is 322 g/mol. The van der Waals surface area contributed by atoms with Crippen molar-refractivity contribution >= 4 is 39.1 Å². The molecule has 0 aliphatic carbocycles. The van der Waals surface area contributed by atoms with Crippen LogP contribution in [0.4, 0.5) is 0 Å². The van der Waals surface area contributed by atoms with Crippen LogP contribution in [0.25, 0.3) is 0 Å². The fraction of sp³-hybridized carbons (Fsp3) is 0.545. The Labute approximate surface area is 126 Å². The number of carbonyl (C=O) groups excluding carboxylic acids is 1. The van der Waals surface area contributed by atoms with Gasteiger partial charge in [-0.1, -0.05) is 23.4 Å². The van der Waals surface area contributed by atoms with Gasteiger partial charge in [0.1, 0.15) is 0 Å². The van der Waals surface area contributed by atoms with Gasteiger partial charge in [0.25, 0.3) is 5.91 Å². The minimum atomic E-state index is -3.04. The van der Waals surface area contributed by atoms with E-state index in [1.165, 1.54) is 22.9 Å². The number of nitrogens with zero attached hydrogens (tertiary/aromatic N) is 3. The summed E-state index contributed by atoms with van der Waals surface area (Å²) in [4.78, 5) is 21.9. The third-order valence-corrected chi connectivity index (χ3v) is 5.77. The molecule has 0 spiro atoms. The summed E-state index contributed by atoms with van der Waals surface area (Å²) in [6.45, 7) is 0. The van der Waals surface area contributed by atoms with Crippen molar-refractivity contribution in [1.29, 1.82) is 0 Å². The first-order valence-corrected chi connectivity index (χ1v) is 9.30. The highest BCUT2D eigenvalue weighted by Crippen LogP contribution is 2.22. The summed E-state index contributed by atoms with van der Waals surface area (Å²) in [5, 5.41) is 0.616. The second-order valence-electron chi connectivity index (χ2n) is 4.53. The van der Waals surface area contributed by atoms with Gasteiger partial charge in [-0.3, -0.25) is 4.79 Å². The van der Waals surface area contributed by atoms with Gasteiger partial charge in [-0.15, -0.1) is 0 Å². The summed E-state index contributed by atoms with van der Waals surface area (Å²) in [6.07, 6.45) is 3.63. The van der Waals surface area contributed by atoms with Crippen LogP contribution in [-0.4, -0.2) is 60.0 Å². The third-order valence-electron chi connectivity index (χ3n) is 3.18. The first-order valence-electron chi connectivity index (χ1n) is 5.88. The van der Waals surface area contributed by atoms with Crippen LogP contribution in [0, 0.1) is 0 Å². The molecule has 1 amide bonds. The normalized spacial score (nSPS) is 20.9. The SMILES string of the molecule is CSc1ncc(Cl)c(C(=O)N(C)[C@H]2CCS(=O)(=O)C2)n1. The van der Waals surface area contributed by atoms with E-state index >= 15 is 0 Å². The van der Waals surface area contributed by atoms with E-state index in [0.29, 0.717) is 11.6 Å². The highest BCUT2D eigenvalue weighted by atomic mass is 35.5. The number of carbonyl (C=O) groups is 1. The molecule has 2 rings (SSSR count). The number of sulfone groups is 1. The monoisotopic (exact) mass is 335 g/mol. The van der Waals surface area contributed by atoms with E-state index in [2.05, 4.69) is 9.97 Å². The van der Waals surface area contributed by atoms with Crippen LogP contribution < -0.4 is 0 Å². The van der Waals surface area contributed by atoms with Crippen LogP contribution in [0.3, 0.4) is 0 Å². The van der Waals surface area contributed by atoms with E-state index < -0.39 is 9.84 Å². The molecule has 0 radical (unpaired) electrons. The Kier molecular flexibility index (Phi) is 4.55. The van der Waals surface area contributed by atoms with Crippen LogP contribution in [0.2, 0.25) is 5.02 Å². The molecule has 0 bridgehead atoms. The van der Waals surface area contributed by atoms with Gasteiger partial charge in [0.05, 0.1) is 22.7 Å². The van der Waals surface area contributed by atoms with Gasteiger partial charge in [0, 0.05) is 13.1 Å². The van der Waals surface area contributed by atoms with Gasteiger partial charge in [0.15, 0.2) is 20.7 Å². The zero-order chi connectivity index (χ0) is 14.9. The maximum atomic E-state index is 12.4. The van der Waals surface area contributed by atoms with Crippen LogP contribution in [-0.2, 0) is 9.84 Å². The lowest BCUT2D eigenvalue weighted by molar-refractivity contribution is 0.0741. The topological polar surface area (TPSA) is 80.2 Å². The highest BCUT2D eigenvalue weighted by molar-refractivity contribution is 7.98. The molecular formula is C11H14ClN3O3S2. The van der Waals surface area contributed by atoms with Gasteiger partial charge in [-0.2, -0.15) is 0 Å². The van der Waals surface area contributed by atoms with Crippen molar-refractivity contribution in [3.8, 4) is 0 Å². The van der Waals surface area contributed by atoms with Gasteiger partial charge in [0.2, 0.25) is 0 Å². The van der Waals surface area contributed by atoms with Crippen molar-refractivity contribution < 1.29 is 13.2 Å². The Hall–Kier alpha value is -0.860. The van der Waals surface area contributed by atoms with Crippen molar-refractivity contribution in [3.05, 3.63) is 16.9 Å². The number of rotatable bonds is 3. The molecule has 2 heterocycles. The van der Waals surface area contributed by atoms with Crippen molar-refractivity contribution in [1.82, 2.24) is 14.9 Å². The highest BCUT2D eigenvalue weighted by Gasteiger charge is 2.34. The number of thioether (sulfide) groups is 1. The Morgan fingerprint density at radius 1 is 1.55 bits per heavy atom. The Morgan fingerprint density at radius 2 is 2.25 bits per heavy atom. The molecule has 1 atom stereocenters. The fourth-order valence-electron chi connectivity index (χ4n) is 2.01. The maximum absolute atomic E-state index is 12.4. The molecule has 1 aromatic heterocycles. The van der Waals surface area contributed by atoms with E-state index in [-0.39, 0.29) is 34.2 Å². The smallest absolute Gasteiger partial charge is 0.274 e. The largest absolute Gasteiger partial charge is 0.336 e. The summed E-state index contributed by atoms with van der Waals surface area (Å²) in [5.74, 6) is -0.272. The molecule has 1 aliphatic heterocycles. The van der Waals surface area contributed by atoms with Crippen LogP contribution in [0.15, 0.2) is 11.4 Å². The standard InChI is InChI=1S/C11H14ClN3O3S2/c1-15(7-3-4-20(17,18)6-7)10(16)9-8(12)5-13-11(14-9)19-2/h5,7H,3-4,6H2,1-2H3/t7-/m0/s1. The number of hydrogen-bond acceptors (Lipinski definition) is 6. The Balaban J connectivity index is 2.23. The molecule has 110 valence electrons. The number of halogens is 1. The summed E-state index contributed by atoms with van der Waals surface area (Å²) >= 11 is 7.26. The van der Waals surface area contributed by atoms with Gasteiger partial charge >= 0.3 is 0 Å². The molecule has 1 fully saturated rings. The molecule has 0 N–H and O–H groups in total. The van der Waals surface area contributed by atoms with Crippen LogP contribution in [0.1, 0.15) is 16.9 Å². The molecule has 0 aromatic carbocycles. The maximum Gasteiger partial charge on any atom is 0.274 e. The van der Waals surface area contributed by atoms with Gasteiger partial charge in [-0.25, -0.2) is 18.4 Å². The van der Waals surface area contributed by atoms with Crippen molar-refractivity contribution in [2.24, 2.45) is 0 Å². The summed E-state index contributed by atoms with van der Waals surface area (Å²) < 4.78 is 23.0. The van der Waals surface area contributed by atoms with E-state index in [4.69, 9.17) is 11.6 Å². The average Bonchev–Trinajstić information content (AvgIpc) is 2.78. The summed E-state index contributed by atoms with van der Waals surface area (Å²) in [5.41, 5.74) is 0.109. The zero-order valence-electron chi connectivity index (χ0n) is 11.0. The second-order valence-corrected chi connectivity index (χ2v) is 7.94. The van der Waals surface area contributed by atoms with E-state index in [9.17, 15) is 13.2 Å². The Bertz CT molecular complexity index is 636. The first-order chi connectivity index (χ1) is 9.34. The summed E-state index contributed by atoms with van der Waals surface area (Å²) in [7, 11) is -1.47. The lowest BCUT2D eigenvalue weighted by atomic mass is 10.2. The van der Waals surface area contributed by atoms with Crippen LogP contribution >= 0.6 is 23.4 Å². The number of aromatic nitrogens is 2. The molecule has 1 saturated heterocycles. The molecule has 9 heteroatoms. The zero-order valence-corrected chi connectivity index (χ0v) is 13.4. The Morgan fingerprint density at radius 3 is 2.80 bits per heavy atom. The number of amides is 1. The van der Waals surface area contributed by atoms with E-state index in [0.717, 1.165) is 0 Å². The second kappa shape index (κ2) is 5.87. The minimum Gasteiger partial charge on any atom is -0.336 e. The predicted octanol–water partition coefficient (Wildman–Crippen LogP) is 1.11. The van der Waals surface area contributed by atoms with Crippen LogP contribution in [0.5, 0.6) is 0 Å². The van der Waals surface area contributed by atoms with E-state index in [1.807, 2.05) is 0 Å². The molecule has 20 heavy (non-hydrogen) atoms. The predicted molar refractivity (Wildman–Crippen MR) is 78.0 cm³/mol. The number of hydrogen-bond donors (Lipinski definition) is 0.